The molecule has 7 nitrogen and oxygen atoms in total. The molecule has 1 aliphatic heterocycles. The molecular weight excluding hydrogens is 350 g/mol. The zero-order valence-corrected chi connectivity index (χ0v) is 15.2. The van der Waals surface area contributed by atoms with E-state index in [1.807, 2.05) is 48.0 Å². The van der Waals surface area contributed by atoms with Crippen LogP contribution in [0.1, 0.15) is 45.3 Å². The number of aliphatic hydroxyl groups excluding tert-OH is 1. The monoisotopic (exact) mass is 369 g/mol. The Morgan fingerprint density at radius 1 is 1.31 bits per heavy atom. The van der Waals surface area contributed by atoms with Gasteiger partial charge < -0.3 is 10.0 Å². The Labute approximate surface area is 155 Å². The second kappa shape index (κ2) is 6.97. The van der Waals surface area contributed by atoms with Gasteiger partial charge in [0.2, 0.25) is 0 Å². The lowest BCUT2D eigenvalue weighted by molar-refractivity contribution is 0.0709. The zero-order chi connectivity index (χ0) is 18.1. The lowest BCUT2D eigenvalue weighted by Crippen LogP contribution is -2.38. The number of hydrogen-bond donors (Lipinski definition) is 1. The number of rotatable bonds is 4. The summed E-state index contributed by atoms with van der Waals surface area (Å²) in [6.07, 6.45) is -0.0765. The number of benzene rings is 1. The van der Waals surface area contributed by atoms with E-state index in [2.05, 4.69) is 14.7 Å². The van der Waals surface area contributed by atoms with Crippen LogP contribution in [-0.4, -0.2) is 41.8 Å². The third kappa shape index (κ3) is 3.02. The largest absolute Gasteiger partial charge is 0.382 e. The molecule has 0 bridgehead atoms. The maximum atomic E-state index is 12.8. The molecule has 4 rings (SSSR count). The fourth-order valence-electron chi connectivity index (χ4n) is 3.15. The van der Waals surface area contributed by atoms with Gasteiger partial charge in [-0.3, -0.25) is 9.48 Å². The summed E-state index contributed by atoms with van der Waals surface area (Å²) in [4.78, 5) is 15.2. The molecule has 1 amide bonds. The zero-order valence-electron chi connectivity index (χ0n) is 14.4. The summed E-state index contributed by atoms with van der Waals surface area (Å²) in [5.74, 6) is -0.0329. The molecule has 3 aromatic rings. The summed E-state index contributed by atoms with van der Waals surface area (Å²) < 4.78 is 5.78. The molecule has 3 heterocycles. The minimum Gasteiger partial charge on any atom is -0.382 e. The van der Waals surface area contributed by atoms with Crippen LogP contribution < -0.4 is 0 Å². The highest BCUT2D eigenvalue weighted by Crippen LogP contribution is 2.25. The van der Waals surface area contributed by atoms with Gasteiger partial charge in [0, 0.05) is 6.54 Å². The van der Waals surface area contributed by atoms with Crippen LogP contribution in [0.5, 0.6) is 0 Å². The molecule has 2 aromatic heterocycles. The van der Waals surface area contributed by atoms with E-state index < -0.39 is 6.10 Å². The summed E-state index contributed by atoms with van der Waals surface area (Å²) in [5.41, 5.74) is 3.08. The quantitative estimate of drug-likeness (QED) is 0.761. The molecule has 1 atom stereocenters. The van der Waals surface area contributed by atoms with Gasteiger partial charge in [0.1, 0.15) is 11.0 Å². The molecule has 26 heavy (non-hydrogen) atoms. The van der Waals surface area contributed by atoms with E-state index in [-0.39, 0.29) is 5.91 Å². The smallest absolute Gasteiger partial charge is 0.267 e. The minimum absolute atomic E-state index is 0.0329. The summed E-state index contributed by atoms with van der Waals surface area (Å²) in [5, 5.41) is 19.1. The number of nitrogens with zero attached hydrogens (tertiary/aromatic N) is 5. The van der Waals surface area contributed by atoms with Gasteiger partial charge in [0.15, 0.2) is 0 Å². The summed E-state index contributed by atoms with van der Waals surface area (Å²) in [6, 6.07) is 11.3. The highest BCUT2D eigenvalue weighted by molar-refractivity contribution is 7.08. The van der Waals surface area contributed by atoms with Crippen LogP contribution in [0.25, 0.3) is 0 Å². The van der Waals surface area contributed by atoms with Crippen molar-refractivity contribution in [3.05, 3.63) is 63.9 Å². The van der Waals surface area contributed by atoms with Gasteiger partial charge in [0.05, 0.1) is 30.2 Å². The molecule has 0 saturated carbocycles. The van der Waals surface area contributed by atoms with Crippen LogP contribution in [0.3, 0.4) is 0 Å². The number of aliphatic hydroxyl groups is 1. The van der Waals surface area contributed by atoms with Crippen LogP contribution in [0.4, 0.5) is 0 Å². The van der Waals surface area contributed by atoms with Crippen LogP contribution in [0, 0.1) is 0 Å². The van der Waals surface area contributed by atoms with E-state index in [0.29, 0.717) is 36.6 Å². The summed E-state index contributed by atoms with van der Waals surface area (Å²) in [7, 11) is 0. The Morgan fingerprint density at radius 3 is 2.88 bits per heavy atom. The van der Waals surface area contributed by atoms with Gasteiger partial charge in [-0.15, -0.1) is 5.10 Å². The van der Waals surface area contributed by atoms with Crippen LogP contribution in [0.15, 0.2) is 36.4 Å². The molecule has 0 fully saturated rings. The standard InChI is InChI=1S/C18H19N5O2S/c1-2-14-17(26-21-19-14)18(25)22-8-9-23-13(11-22)10-15(20-23)16(24)12-6-4-3-5-7-12/h3-7,10,16,24H,2,8-9,11H2,1H3/t16-/m1/s1. The van der Waals surface area contributed by atoms with E-state index in [9.17, 15) is 9.90 Å². The average molecular weight is 369 g/mol. The second-order valence-electron chi connectivity index (χ2n) is 6.23. The molecule has 0 radical (unpaired) electrons. The van der Waals surface area contributed by atoms with Gasteiger partial charge in [-0.2, -0.15) is 5.10 Å². The van der Waals surface area contributed by atoms with Gasteiger partial charge in [-0.25, -0.2) is 0 Å². The first-order chi connectivity index (χ1) is 12.7. The summed E-state index contributed by atoms with van der Waals surface area (Å²) >= 11 is 1.15. The molecular formula is C18H19N5O2S. The molecule has 134 valence electrons. The third-order valence-corrected chi connectivity index (χ3v) is 5.34. The molecule has 1 aromatic carbocycles. The van der Waals surface area contributed by atoms with Gasteiger partial charge >= 0.3 is 0 Å². The summed E-state index contributed by atoms with van der Waals surface area (Å²) in [6.45, 7) is 3.62. The molecule has 0 spiro atoms. The highest BCUT2D eigenvalue weighted by Gasteiger charge is 2.27. The lowest BCUT2D eigenvalue weighted by Gasteiger charge is -2.27. The van der Waals surface area contributed by atoms with Crippen LogP contribution in [-0.2, 0) is 19.5 Å². The van der Waals surface area contributed by atoms with Crippen molar-refractivity contribution in [2.24, 2.45) is 0 Å². The van der Waals surface area contributed by atoms with Gasteiger partial charge in [-0.05, 0) is 29.6 Å². The number of aromatic nitrogens is 4. The van der Waals surface area contributed by atoms with Crippen molar-refractivity contribution in [3.63, 3.8) is 0 Å². The molecule has 1 aliphatic rings. The van der Waals surface area contributed by atoms with Crippen molar-refractivity contribution < 1.29 is 9.90 Å². The Balaban J connectivity index is 1.54. The number of carbonyl (C=O) groups excluding carboxylic acids is 1. The SMILES string of the molecule is CCc1nnsc1C(=O)N1CCn2nc([C@H](O)c3ccccc3)cc2C1. The average Bonchev–Trinajstić information content (AvgIpc) is 3.33. The van der Waals surface area contributed by atoms with Crippen molar-refractivity contribution in [1.82, 2.24) is 24.3 Å². The predicted octanol–water partition coefficient (Wildman–Crippen LogP) is 2.03. The van der Waals surface area contributed by atoms with Crippen LogP contribution in [0.2, 0.25) is 0 Å². The van der Waals surface area contributed by atoms with Crippen molar-refractivity contribution >= 4 is 17.4 Å². The first-order valence-corrected chi connectivity index (χ1v) is 9.35. The Bertz CT molecular complexity index is 921. The van der Waals surface area contributed by atoms with Gasteiger partial charge in [-0.1, -0.05) is 41.7 Å². The van der Waals surface area contributed by atoms with Crippen LogP contribution >= 0.6 is 11.5 Å². The number of carbonyl (C=O) groups is 1. The third-order valence-electron chi connectivity index (χ3n) is 4.58. The number of hydrogen-bond acceptors (Lipinski definition) is 6. The Kier molecular flexibility index (Phi) is 4.52. The molecule has 1 N–H and O–H groups in total. The number of aryl methyl sites for hydroxylation is 1. The predicted molar refractivity (Wildman–Crippen MR) is 96.8 cm³/mol. The van der Waals surface area contributed by atoms with E-state index in [0.717, 1.165) is 28.5 Å². The fraction of sp³-hybridized carbons (Fsp3) is 0.333. The maximum Gasteiger partial charge on any atom is 0.267 e. The topological polar surface area (TPSA) is 84.1 Å². The van der Waals surface area contributed by atoms with E-state index >= 15 is 0 Å². The first-order valence-electron chi connectivity index (χ1n) is 8.57. The Morgan fingerprint density at radius 2 is 2.12 bits per heavy atom. The number of fused-ring (bicyclic) bond motifs is 1. The molecule has 0 aliphatic carbocycles. The van der Waals surface area contributed by atoms with Crippen molar-refractivity contribution in [2.75, 3.05) is 6.54 Å². The van der Waals surface area contributed by atoms with E-state index in [1.165, 1.54) is 0 Å². The first kappa shape index (κ1) is 16.9. The van der Waals surface area contributed by atoms with Crippen molar-refractivity contribution in [1.29, 1.82) is 0 Å². The van der Waals surface area contributed by atoms with Crippen molar-refractivity contribution in [2.45, 2.75) is 32.5 Å². The minimum atomic E-state index is -0.768. The van der Waals surface area contributed by atoms with Gasteiger partial charge in [0.25, 0.3) is 5.91 Å². The maximum absolute atomic E-state index is 12.8. The second-order valence-corrected chi connectivity index (χ2v) is 6.98. The normalized spacial score (nSPS) is 14.9. The highest BCUT2D eigenvalue weighted by atomic mass is 32.1. The van der Waals surface area contributed by atoms with E-state index in [1.54, 1.807) is 4.90 Å². The fourth-order valence-corrected chi connectivity index (χ4v) is 3.87. The molecule has 0 unspecified atom stereocenters. The number of amides is 1. The molecule has 8 heteroatoms. The Hall–Kier alpha value is -2.58. The van der Waals surface area contributed by atoms with Crippen molar-refractivity contribution in [3.8, 4) is 0 Å². The molecule has 0 saturated heterocycles. The van der Waals surface area contributed by atoms with E-state index in [4.69, 9.17) is 0 Å². The lowest BCUT2D eigenvalue weighted by atomic mass is 10.1.